The first-order chi connectivity index (χ1) is 14.9. The van der Waals surface area contributed by atoms with Gasteiger partial charge >= 0.3 is 0 Å². The average molecular weight is 479 g/mol. The summed E-state index contributed by atoms with van der Waals surface area (Å²) in [5.74, 6) is -0.405. The molecule has 0 bridgehead atoms. The highest BCUT2D eigenvalue weighted by Gasteiger charge is 2.38. The van der Waals surface area contributed by atoms with Crippen molar-refractivity contribution in [1.82, 2.24) is 14.1 Å². The van der Waals surface area contributed by atoms with Crippen LogP contribution < -0.4 is 5.32 Å². The summed E-state index contributed by atoms with van der Waals surface area (Å²) in [7, 11) is -3.91. The first-order valence-electron chi connectivity index (χ1n) is 9.74. The lowest BCUT2D eigenvalue weighted by Gasteiger charge is -2.33. The SMILES string of the molecule is O=C(Nc1ccc(Cl)c(Cl)c1)C1CCCCN1S(=O)(=O)c1cnn(-c2ccccc2)c1. The Morgan fingerprint density at radius 3 is 2.58 bits per heavy atom. The number of nitrogens with one attached hydrogen (secondary N) is 1. The number of carbonyl (C=O) groups is 1. The Kier molecular flexibility index (Phi) is 6.34. The van der Waals surface area contributed by atoms with Crippen LogP contribution in [0, 0.1) is 0 Å². The van der Waals surface area contributed by atoms with E-state index in [1.54, 1.807) is 12.1 Å². The molecule has 1 fully saturated rings. The highest BCUT2D eigenvalue weighted by Crippen LogP contribution is 2.28. The first-order valence-corrected chi connectivity index (χ1v) is 11.9. The van der Waals surface area contributed by atoms with Crippen molar-refractivity contribution in [3.05, 3.63) is 71.0 Å². The van der Waals surface area contributed by atoms with Gasteiger partial charge in [-0.15, -0.1) is 0 Å². The zero-order valence-electron chi connectivity index (χ0n) is 16.4. The van der Waals surface area contributed by atoms with E-state index in [1.807, 2.05) is 30.3 Å². The molecule has 10 heteroatoms. The van der Waals surface area contributed by atoms with Gasteiger partial charge in [0, 0.05) is 12.2 Å². The summed E-state index contributed by atoms with van der Waals surface area (Å²) >= 11 is 11.9. The molecule has 4 rings (SSSR count). The number of aromatic nitrogens is 2. The molecule has 1 N–H and O–H groups in total. The van der Waals surface area contributed by atoms with E-state index in [1.165, 1.54) is 27.4 Å². The van der Waals surface area contributed by atoms with Crippen LogP contribution in [-0.4, -0.2) is 41.0 Å². The number of hydrogen-bond donors (Lipinski definition) is 1. The van der Waals surface area contributed by atoms with Gasteiger partial charge in [-0.3, -0.25) is 4.79 Å². The van der Waals surface area contributed by atoms with Crippen LogP contribution >= 0.6 is 23.2 Å². The Balaban J connectivity index is 1.58. The standard InChI is InChI=1S/C21H20Cl2N4O3S/c22-18-10-9-15(12-19(18)23)25-21(28)20-8-4-5-11-27(20)31(29,30)17-13-24-26(14-17)16-6-2-1-3-7-16/h1-3,6-7,9-10,12-14,20H,4-5,8,11H2,(H,25,28). The normalized spacial score (nSPS) is 17.4. The molecule has 0 aliphatic carbocycles. The first kappa shape index (κ1) is 21.8. The summed E-state index contributed by atoms with van der Waals surface area (Å²) in [6.45, 7) is 0.262. The predicted octanol–water partition coefficient (Wildman–Crippen LogP) is 4.36. The number of benzene rings is 2. The maximum Gasteiger partial charge on any atom is 0.246 e. The molecular formula is C21H20Cl2N4O3S. The molecule has 1 aromatic heterocycles. The molecule has 0 radical (unpaired) electrons. The van der Waals surface area contributed by atoms with E-state index >= 15 is 0 Å². The highest BCUT2D eigenvalue weighted by molar-refractivity contribution is 7.89. The molecule has 2 heterocycles. The zero-order valence-corrected chi connectivity index (χ0v) is 18.7. The molecule has 1 aliphatic heterocycles. The highest BCUT2D eigenvalue weighted by atomic mass is 35.5. The van der Waals surface area contributed by atoms with Gasteiger partial charge in [-0.25, -0.2) is 13.1 Å². The third kappa shape index (κ3) is 4.62. The van der Waals surface area contributed by atoms with E-state index in [-0.39, 0.29) is 11.4 Å². The Bertz CT molecular complexity index is 1200. The number of nitrogens with zero attached hydrogens (tertiary/aromatic N) is 3. The fourth-order valence-corrected chi connectivity index (χ4v) is 5.44. The summed E-state index contributed by atoms with van der Waals surface area (Å²) in [5.41, 5.74) is 1.20. The van der Waals surface area contributed by atoms with Crippen molar-refractivity contribution in [3.8, 4) is 5.69 Å². The van der Waals surface area contributed by atoms with Crippen molar-refractivity contribution in [2.45, 2.75) is 30.2 Å². The number of para-hydroxylation sites is 1. The van der Waals surface area contributed by atoms with Crippen LogP contribution in [0.4, 0.5) is 5.69 Å². The molecule has 2 aromatic carbocycles. The van der Waals surface area contributed by atoms with Crippen LogP contribution in [-0.2, 0) is 14.8 Å². The van der Waals surface area contributed by atoms with Crippen molar-refractivity contribution in [1.29, 1.82) is 0 Å². The maximum atomic E-state index is 13.4. The summed E-state index contributed by atoms with van der Waals surface area (Å²) in [6, 6.07) is 13.1. The molecule has 31 heavy (non-hydrogen) atoms. The Hall–Kier alpha value is -2.39. The minimum atomic E-state index is -3.91. The number of hydrogen-bond acceptors (Lipinski definition) is 4. The molecule has 1 saturated heterocycles. The Morgan fingerprint density at radius 2 is 1.84 bits per heavy atom. The number of sulfonamides is 1. The van der Waals surface area contributed by atoms with E-state index in [0.717, 1.165) is 12.1 Å². The number of amides is 1. The third-order valence-corrected chi connectivity index (χ3v) is 7.73. The van der Waals surface area contributed by atoms with E-state index in [4.69, 9.17) is 23.2 Å². The van der Waals surface area contributed by atoms with Crippen LogP contribution in [0.25, 0.3) is 5.69 Å². The fourth-order valence-electron chi connectivity index (χ4n) is 3.55. The van der Waals surface area contributed by atoms with Gasteiger partial charge in [0.15, 0.2) is 0 Å². The maximum absolute atomic E-state index is 13.4. The van der Waals surface area contributed by atoms with Crippen LogP contribution in [0.2, 0.25) is 10.0 Å². The number of halogens is 2. The molecular weight excluding hydrogens is 459 g/mol. The van der Waals surface area contributed by atoms with Crippen molar-refractivity contribution in [2.75, 3.05) is 11.9 Å². The lowest BCUT2D eigenvalue weighted by molar-refractivity contribution is -0.120. The van der Waals surface area contributed by atoms with Gasteiger partial charge in [0.2, 0.25) is 15.9 Å². The molecule has 1 atom stereocenters. The van der Waals surface area contributed by atoms with E-state index in [9.17, 15) is 13.2 Å². The Morgan fingerprint density at radius 1 is 1.06 bits per heavy atom. The Labute approximate surface area is 190 Å². The zero-order chi connectivity index (χ0) is 22.0. The topological polar surface area (TPSA) is 84.3 Å². The van der Waals surface area contributed by atoms with Gasteiger partial charge in [0.1, 0.15) is 10.9 Å². The summed E-state index contributed by atoms with van der Waals surface area (Å²) in [6.07, 6.45) is 4.65. The van der Waals surface area contributed by atoms with Gasteiger partial charge in [-0.2, -0.15) is 9.40 Å². The predicted molar refractivity (Wildman–Crippen MR) is 120 cm³/mol. The minimum absolute atomic E-state index is 0.0468. The van der Waals surface area contributed by atoms with E-state index in [2.05, 4.69) is 10.4 Å². The van der Waals surface area contributed by atoms with Gasteiger partial charge < -0.3 is 5.32 Å². The average Bonchev–Trinajstić information content (AvgIpc) is 3.28. The van der Waals surface area contributed by atoms with Gasteiger partial charge in [0.05, 0.1) is 28.1 Å². The number of piperidine rings is 1. The fraction of sp³-hybridized carbons (Fsp3) is 0.238. The van der Waals surface area contributed by atoms with Crippen LogP contribution in [0.3, 0.4) is 0 Å². The van der Waals surface area contributed by atoms with Crippen LogP contribution in [0.5, 0.6) is 0 Å². The second-order valence-electron chi connectivity index (χ2n) is 7.20. The van der Waals surface area contributed by atoms with Gasteiger partial charge in [-0.1, -0.05) is 47.8 Å². The van der Waals surface area contributed by atoms with Crippen LogP contribution in [0.1, 0.15) is 19.3 Å². The summed E-state index contributed by atoms with van der Waals surface area (Å²) in [5, 5.41) is 7.62. The quantitative estimate of drug-likeness (QED) is 0.590. The molecule has 3 aromatic rings. The summed E-state index contributed by atoms with van der Waals surface area (Å²) < 4.78 is 29.5. The molecule has 1 aliphatic rings. The lowest BCUT2D eigenvalue weighted by Crippen LogP contribution is -2.49. The van der Waals surface area contributed by atoms with Crippen LogP contribution in [0.15, 0.2) is 65.8 Å². The van der Waals surface area contributed by atoms with Gasteiger partial charge in [0.25, 0.3) is 0 Å². The summed E-state index contributed by atoms with van der Waals surface area (Å²) in [4.78, 5) is 13.0. The second-order valence-corrected chi connectivity index (χ2v) is 9.91. The lowest BCUT2D eigenvalue weighted by atomic mass is 10.0. The third-order valence-electron chi connectivity index (χ3n) is 5.13. The second kappa shape index (κ2) is 9.00. The smallest absolute Gasteiger partial charge is 0.246 e. The van der Waals surface area contributed by atoms with Crippen molar-refractivity contribution >= 4 is 44.8 Å². The number of rotatable bonds is 5. The van der Waals surface area contributed by atoms with Gasteiger partial charge in [-0.05, 0) is 43.2 Å². The van der Waals surface area contributed by atoms with Crippen molar-refractivity contribution in [2.24, 2.45) is 0 Å². The molecule has 162 valence electrons. The van der Waals surface area contributed by atoms with Crippen molar-refractivity contribution < 1.29 is 13.2 Å². The minimum Gasteiger partial charge on any atom is -0.325 e. The molecule has 0 saturated carbocycles. The molecule has 7 nitrogen and oxygen atoms in total. The van der Waals surface area contributed by atoms with E-state index < -0.39 is 22.0 Å². The monoisotopic (exact) mass is 478 g/mol. The molecule has 1 unspecified atom stereocenters. The largest absolute Gasteiger partial charge is 0.325 e. The number of carbonyl (C=O) groups excluding carboxylic acids is 1. The van der Waals surface area contributed by atoms with E-state index in [0.29, 0.717) is 28.6 Å². The number of anilines is 1. The molecule has 0 spiro atoms. The molecule has 1 amide bonds. The van der Waals surface area contributed by atoms with Crippen molar-refractivity contribution in [3.63, 3.8) is 0 Å².